The molecule has 1 rings (SSSR count). The Bertz CT molecular complexity index is 84.6. The van der Waals surface area contributed by atoms with Crippen molar-refractivity contribution in [2.45, 2.75) is 45.1 Å². The van der Waals surface area contributed by atoms with Gasteiger partial charge in [-0.1, -0.05) is 26.2 Å². The molecule has 1 aliphatic rings. The van der Waals surface area contributed by atoms with Crippen LogP contribution < -0.4 is 0 Å². The third-order valence-corrected chi connectivity index (χ3v) is 1.95. The van der Waals surface area contributed by atoms with Crippen LogP contribution in [-0.4, -0.2) is 12.2 Å². The number of hydrogen-bond donors (Lipinski definition) is 0. The first-order valence-corrected chi connectivity index (χ1v) is 3.91. The first-order valence-electron chi connectivity index (χ1n) is 3.91. The number of rotatable bonds is 4. The van der Waals surface area contributed by atoms with E-state index >= 15 is 0 Å². The molecular formula is C8H16O. The molecule has 1 atom stereocenters. The van der Waals surface area contributed by atoms with E-state index in [1.165, 1.54) is 25.7 Å². The molecule has 0 aromatic heterocycles. The van der Waals surface area contributed by atoms with E-state index in [0.29, 0.717) is 5.60 Å². The second-order valence-corrected chi connectivity index (χ2v) is 3.20. The predicted octanol–water partition coefficient (Wildman–Crippen LogP) is 2.36. The molecule has 0 amide bonds. The first-order chi connectivity index (χ1) is 4.27. The van der Waals surface area contributed by atoms with Gasteiger partial charge in [0.1, 0.15) is 0 Å². The van der Waals surface area contributed by atoms with Crippen molar-refractivity contribution in [3.05, 3.63) is 0 Å². The highest BCUT2D eigenvalue weighted by Gasteiger charge is 2.37. The van der Waals surface area contributed by atoms with E-state index in [1.807, 2.05) is 0 Å². The van der Waals surface area contributed by atoms with E-state index in [0.717, 1.165) is 6.61 Å². The first kappa shape index (κ1) is 7.07. The van der Waals surface area contributed by atoms with Crippen molar-refractivity contribution in [2.75, 3.05) is 6.61 Å². The van der Waals surface area contributed by atoms with Crippen LogP contribution in [0, 0.1) is 0 Å². The molecule has 0 radical (unpaired) electrons. The van der Waals surface area contributed by atoms with E-state index < -0.39 is 0 Å². The van der Waals surface area contributed by atoms with Gasteiger partial charge < -0.3 is 4.74 Å². The lowest BCUT2D eigenvalue weighted by Gasteiger charge is -2.01. The minimum Gasteiger partial charge on any atom is -0.370 e. The lowest BCUT2D eigenvalue weighted by molar-refractivity contribution is 0.302. The van der Waals surface area contributed by atoms with Crippen molar-refractivity contribution < 1.29 is 4.74 Å². The maximum absolute atomic E-state index is 5.24. The quantitative estimate of drug-likeness (QED) is 0.418. The monoisotopic (exact) mass is 128 g/mol. The molecule has 0 spiro atoms. The van der Waals surface area contributed by atoms with Gasteiger partial charge in [0, 0.05) is 0 Å². The summed E-state index contributed by atoms with van der Waals surface area (Å²) in [5, 5.41) is 0. The van der Waals surface area contributed by atoms with Crippen molar-refractivity contribution in [1.29, 1.82) is 0 Å². The van der Waals surface area contributed by atoms with Crippen molar-refractivity contribution in [3.63, 3.8) is 0 Å². The fourth-order valence-electron chi connectivity index (χ4n) is 1.02. The van der Waals surface area contributed by atoms with Crippen LogP contribution in [0.15, 0.2) is 0 Å². The summed E-state index contributed by atoms with van der Waals surface area (Å²) in [5.41, 5.74) is 0.301. The minimum atomic E-state index is 0.301. The van der Waals surface area contributed by atoms with Crippen LogP contribution >= 0.6 is 0 Å². The van der Waals surface area contributed by atoms with Gasteiger partial charge in [0.15, 0.2) is 0 Å². The molecular weight excluding hydrogens is 112 g/mol. The Morgan fingerprint density at radius 3 is 2.56 bits per heavy atom. The smallest absolute Gasteiger partial charge is 0.0888 e. The van der Waals surface area contributed by atoms with E-state index in [9.17, 15) is 0 Å². The topological polar surface area (TPSA) is 12.5 Å². The number of unbranched alkanes of at least 4 members (excludes halogenated alkanes) is 2. The third kappa shape index (κ3) is 2.35. The zero-order valence-corrected chi connectivity index (χ0v) is 6.44. The normalized spacial score (nSPS) is 32.7. The molecule has 1 saturated heterocycles. The highest BCUT2D eigenvalue weighted by Crippen LogP contribution is 2.31. The molecule has 1 heteroatoms. The molecule has 0 bridgehead atoms. The van der Waals surface area contributed by atoms with Crippen molar-refractivity contribution in [3.8, 4) is 0 Å². The van der Waals surface area contributed by atoms with Crippen LogP contribution in [0.2, 0.25) is 0 Å². The molecule has 1 nitrogen and oxygen atoms in total. The van der Waals surface area contributed by atoms with Crippen LogP contribution in [0.4, 0.5) is 0 Å². The van der Waals surface area contributed by atoms with Crippen LogP contribution in [0.1, 0.15) is 39.5 Å². The molecule has 0 aliphatic carbocycles. The Hall–Kier alpha value is -0.0400. The molecule has 0 saturated carbocycles. The highest BCUT2D eigenvalue weighted by molar-refractivity contribution is 4.86. The third-order valence-electron chi connectivity index (χ3n) is 1.95. The van der Waals surface area contributed by atoms with Gasteiger partial charge in [-0.15, -0.1) is 0 Å². The molecule has 54 valence electrons. The van der Waals surface area contributed by atoms with Crippen LogP contribution in [-0.2, 0) is 4.74 Å². The number of ether oxygens (including phenoxy) is 1. The summed E-state index contributed by atoms with van der Waals surface area (Å²) >= 11 is 0. The van der Waals surface area contributed by atoms with Gasteiger partial charge in [-0.25, -0.2) is 0 Å². The standard InChI is InChI=1S/C8H16O/c1-3-4-5-6-8(2)7-9-8/h3-7H2,1-2H3. The summed E-state index contributed by atoms with van der Waals surface area (Å²) in [6.07, 6.45) is 5.28. The van der Waals surface area contributed by atoms with E-state index in [2.05, 4.69) is 13.8 Å². The Labute approximate surface area is 57.4 Å². The molecule has 1 aliphatic heterocycles. The zero-order chi connectivity index (χ0) is 6.74. The average molecular weight is 128 g/mol. The Morgan fingerprint density at radius 1 is 1.44 bits per heavy atom. The van der Waals surface area contributed by atoms with Gasteiger partial charge in [-0.2, -0.15) is 0 Å². The van der Waals surface area contributed by atoms with Gasteiger partial charge in [0.25, 0.3) is 0 Å². The van der Waals surface area contributed by atoms with E-state index in [1.54, 1.807) is 0 Å². The highest BCUT2D eigenvalue weighted by atomic mass is 16.6. The fourth-order valence-corrected chi connectivity index (χ4v) is 1.02. The maximum Gasteiger partial charge on any atom is 0.0888 e. The van der Waals surface area contributed by atoms with E-state index in [4.69, 9.17) is 4.74 Å². The van der Waals surface area contributed by atoms with Gasteiger partial charge >= 0.3 is 0 Å². The van der Waals surface area contributed by atoms with Crippen LogP contribution in [0.3, 0.4) is 0 Å². The fraction of sp³-hybridized carbons (Fsp3) is 1.00. The van der Waals surface area contributed by atoms with Crippen LogP contribution in [0.25, 0.3) is 0 Å². The summed E-state index contributed by atoms with van der Waals surface area (Å²) < 4.78 is 5.24. The Kier molecular flexibility index (Phi) is 2.12. The summed E-state index contributed by atoms with van der Waals surface area (Å²) in [6, 6.07) is 0. The molecule has 9 heavy (non-hydrogen) atoms. The van der Waals surface area contributed by atoms with E-state index in [-0.39, 0.29) is 0 Å². The Morgan fingerprint density at radius 2 is 2.11 bits per heavy atom. The van der Waals surface area contributed by atoms with Crippen molar-refractivity contribution >= 4 is 0 Å². The van der Waals surface area contributed by atoms with Crippen LogP contribution in [0.5, 0.6) is 0 Å². The molecule has 0 N–H and O–H groups in total. The Balaban J connectivity index is 1.92. The second-order valence-electron chi connectivity index (χ2n) is 3.20. The van der Waals surface area contributed by atoms with Gasteiger partial charge in [-0.05, 0) is 13.3 Å². The summed E-state index contributed by atoms with van der Waals surface area (Å²) in [5.74, 6) is 0. The molecule has 1 fully saturated rings. The molecule has 0 aromatic rings. The summed E-state index contributed by atoms with van der Waals surface area (Å²) in [6.45, 7) is 5.43. The van der Waals surface area contributed by atoms with Crippen molar-refractivity contribution in [1.82, 2.24) is 0 Å². The largest absolute Gasteiger partial charge is 0.370 e. The lowest BCUT2D eigenvalue weighted by atomic mass is 10.0. The minimum absolute atomic E-state index is 0.301. The molecule has 1 unspecified atom stereocenters. The summed E-state index contributed by atoms with van der Waals surface area (Å²) in [4.78, 5) is 0. The van der Waals surface area contributed by atoms with Crippen molar-refractivity contribution in [2.24, 2.45) is 0 Å². The maximum atomic E-state index is 5.24. The summed E-state index contributed by atoms with van der Waals surface area (Å²) in [7, 11) is 0. The molecule has 1 heterocycles. The zero-order valence-electron chi connectivity index (χ0n) is 6.44. The number of hydrogen-bond acceptors (Lipinski definition) is 1. The SMILES string of the molecule is CCCCCC1(C)CO1. The average Bonchev–Trinajstić information content (AvgIpc) is 2.50. The lowest BCUT2D eigenvalue weighted by Crippen LogP contribution is -2.02. The van der Waals surface area contributed by atoms with Gasteiger partial charge in [0.05, 0.1) is 12.2 Å². The van der Waals surface area contributed by atoms with Gasteiger partial charge in [0.2, 0.25) is 0 Å². The second kappa shape index (κ2) is 2.70. The van der Waals surface area contributed by atoms with Gasteiger partial charge in [-0.3, -0.25) is 0 Å². The molecule has 0 aromatic carbocycles. The predicted molar refractivity (Wildman–Crippen MR) is 38.5 cm³/mol. The number of epoxide rings is 1.